The van der Waals surface area contributed by atoms with Gasteiger partial charge in [-0.1, -0.05) is 54.1 Å². The Bertz CT molecular complexity index is 1420. The Hall–Kier alpha value is -4.51. The van der Waals surface area contributed by atoms with Gasteiger partial charge in [0.2, 0.25) is 0 Å². The molecular formula is C27H26N2O8S. The van der Waals surface area contributed by atoms with Gasteiger partial charge in [-0.05, 0) is 42.3 Å². The summed E-state index contributed by atoms with van der Waals surface area (Å²) in [4.78, 5) is 36.0. The fourth-order valence-corrected chi connectivity index (χ4v) is 4.84. The van der Waals surface area contributed by atoms with Gasteiger partial charge in [0, 0.05) is 18.1 Å². The number of hydrogen-bond donors (Lipinski definition) is 1. The largest absolute Gasteiger partial charge is 0.468 e. The summed E-state index contributed by atoms with van der Waals surface area (Å²) in [5.41, 5.74) is 1.42. The van der Waals surface area contributed by atoms with Crippen molar-refractivity contribution in [3.63, 3.8) is 0 Å². The van der Waals surface area contributed by atoms with E-state index in [-0.39, 0.29) is 21.8 Å². The molecule has 3 aromatic carbocycles. The Morgan fingerprint density at radius 3 is 1.95 bits per heavy atom. The number of hydrogen-bond acceptors (Lipinski definition) is 8. The molecule has 0 fully saturated rings. The molecule has 3 rings (SSSR count). The first-order valence-electron chi connectivity index (χ1n) is 11.3. The van der Waals surface area contributed by atoms with Gasteiger partial charge in [0.25, 0.3) is 15.7 Å². The molecule has 0 spiro atoms. The number of benzene rings is 3. The molecule has 3 aromatic rings. The fourth-order valence-electron chi connectivity index (χ4n) is 3.76. The number of rotatable bonds is 10. The number of nitro benzene ring substituents is 1. The number of aryl methyl sites for hydroxylation is 1. The summed E-state index contributed by atoms with van der Waals surface area (Å²) in [6.07, 6.45) is 1.40. The van der Waals surface area contributed by atoms with Crippen LogP contribution in [0, 0.1) is 23.0 Å². The summed E-state index contributed by atoms with van der Waals surface area (Å²) in [5, 5.41) is 11.2. The smallest absolute Gasteiger partial charge is 0.321 e. The quantitative estimate of drug-likeness (QED) is 0.177. The van der Waals surface area contributed by atoms with Crippen molar-refractivity contribution in [1.82, 2.24) is 4.72 Å². The number of allylic oxidation sites excluding steroid dienone is 1. The Morgan fingerprint density at radius 2 is 1.45 bits per heavy atom. The number of nitro groups is 1. The van der Waals surface area contributed by atoms with Crippen molar-refractivity contribution in [2.45, 2.75) is 17.7 Å². The predicted octanol–water partition coefficient (Wildman–Crippen LogP) is 3.97. The Balaban J connectivity index is 2.23. The predicted molar refractivity (Wildman–Crippen MR) is 139 cm³/mol. The first-order chi connectivity index (χ1) is 18.1. The molecule has 0 radical (unpaired) electrons. The standard InChI is InChI=1S/C27H26N2O8S/c1-18-9-15-22(16-10-18)38(34,35)28-24(20-11-13-21(14-12-20)29(32)33)17-23(19-7-5-4-6-8-19)25(26(30)36-2)27(31)37-3/h4-17,23,25,28H,1-3H3/b24-17+/t23-/m0/s1. The topological polar surface area (TPSA) is 142 Å². The number of nitrogens with one attached hydrogen (secondary N) is 1. The normalized spacial score (nSPS) is 12.5. The third-order valence-electron chi connectivity index (χ3n) is 5.76. The van der Waals surface area contributed by atoms with E-state index < -0.39 is 38.7 Å². The third kappa shape index (κ3) is 6.62. The van der Waals surface area contributed by atoms with Gasteiger partial charge in [0.15, 0.2) is 5.92 Å². The van der Waals surface area contributed by atoms with Crippen LogP contribution in [0.4, 0.5) is 5.69 Å². The molecule has 1 atom stereocenters. The summed E-state index contributed by atoms with van der Waals surface area (Å²) >= 11 is 0. The van der Waals surface area contributed by atoms with E-state index in [0.29, 0.717) is 5.56 Å². The van der Waals surface area contributed by atoms with Gasteiger partial charge in [-0.2, -0.15) is 0 Å². The van der Waals surface area contributed by atoms with E-state index in [1.165, 1.54) is 42.5 Å². The molecule has 0 saturated heterocycles. The lowest BCUT2D eigenvalue weighted by molar-refractivity contribution is -0.384. The minimum absolute atomic E-state index is 0.00729. The van der Waals surface area contributed by atoms with E-state index in [0.717, 1.165) is 19.8 Å². The van der Waals surface area contributed by atoms with Crippen molar-refractivity contribution in [3.05, 3.63) is 112 Å². The van der Waals surface area contributed by atoms with Gasteiger partial charge >= 0.3 is 11.9 Å². The van der Waals surface area contributed by atoms with E-state index in [4.69, 9.17) is 9.47 Å². The molecule has 0 aliphatic heterocycles. The number of sulfonamides is 1. The van der Waals surface area contributed by atoms with E-state index in [9.17, 15) is 28.1 Å². The first kappa shape index (κ1) is 28.1. The molecule has 0 saturated carbocycles. The van der Waals surface area contributed by atoms with Crippen molar-refractivity contribution in [1.29, 1.82) is 0 Å². The summed E-state index contributed by atoms with van der Waals surface area (Å²) in [7, 11) is -1.89. The van der Waals surface area contributed by atoms with Crippen molar-refractivity contribution >= 4 is 33.3 Å². The molecule has 38 heavy (non-hydrogen) atoms. The van der Waals surface area contributed by atoms with Gasteiger partial charge in [-0.15, -0.1) is 0 Å². The minimum atomic E-state index is -4.14. The average Bonchev–Trinajstić information content (AvgIpc) is 2.92. The van der Waals surface area contributed by atoms with Gasteiger partial charge in [-0.3, -0.25) is 24.4 Å². The van der Waals surface area contributed by atoms with Crippen LogP contribution in [0.5, 0.6) is 0 Å². The molecule has 198 valence electrons. The monoisotopic (exact) mass is 538 g/mol. The maximum absolute atomic E-state index is 13.3. The zero-order chi connectivity index (χ0) is 27.9. The number of carbonyl (C=O) groups is 2. The second kappa shape index (κ2) is 12.2. The second-order valence-corrected chi connectivity index (χ2v) is 9.95. The number of methoxy groups -OCH3 is 2. The number of esters is 2. The Morgan fingerprint density at radius 1 is 0.895 bits per heavy atom. The molecule has 0 heterocycles. The molecule has 0 aromatic heterocycles. The van der Waals surface area contributed by atoms with E-state index >= 15 is 0 Å². The number of ether oxygens (including phenoxy) is 2. The van der Waals surface area contributed by atoms with Crippen LogP contribution in [-0.2, 0) is 29.1 Å². The molecule has 0 unspecified atom stereocenters. The fraction of sp³-hybridized carbons (Fsp3) is 0.185. The molecule has 1 N–H and O–H groups in total. The van der Waals surface area contributed by atoms with Crippen LogP contribution in [0.15, 0.2) is 89.8 Å². The van der Waals surface area contributed by atoms with Gasteiger partial charge in [0.05, 0.1) is 29.7 Å². The lowest BCUT2D eigenvalue weighted by atomic mass is 9.84. The lowest BCUT2D eigenvalue weighted by Gasteiger charge is -2.23. The Kier molecular flexibility index (Phi) is 8.98. The lowest BCUT2D eigenvalue weighted by Crippen LogP contribution is -2.32. The number of carbonyl (C=O) groups excluding carboxylic acids is 2. The van der Waals surface area contributed by atoms with E-state index in [2.05, 4.69) is 4.72 Å². The third-order valence-corrected chi connectivity index (χ3v) is 7.15. The summed E-state index contributed by atoms with van der Waals surface area (Å²) < 4.78 is 38.9. The van der Waals surface area contributed by atoms with Crippen LogP contribution in [0.1, 0.15) is 22.6 Å². The molecule has 0 bridgehead atoms. The maximum Gasteiger partial charge on any atom is 0.321 e. The van der Waals surface area contributed by atoms with Crippen LogP contribution in [-0.4, -0.2) is 39.5 Å². The molecule has 0 aliphatic carbocycles. The molecule has 0 aliphatic rings. The summed E-state index contributed by atoms with van der Waals surface area (Å²) in [6.45, 7) is 1.82. The highest BCUT2D eigenvalue weighted by molar-refractivity contribution is 7.89. The van der Waals surface area contributed by atoms with Crippen molar-refractivity contribution in [3.8, 4) is 0 Å². The van der Waals surface area contributed by atoms with Crippen molar-refractivity contribution < 1.29 is 32.4 Å². The highest BCUT2D eigenvalue weighted by atomic mass is 32.2. The van der Waals surface area contributed by atoms with E-state index in [1.54, 1.807) is 42.5 Å². The minimum Gasteiger partial charge on any atom is -0.468 e. The number of non-ortho nitro benzene ring substituents is 1. The van der Waals surface area contributed by atoms with Crippen LogP contribution >= 0.6 is 0 Å². The maximum atomic E-state index is 13.3. The van der Waals surface area contributed by atoms with Gasteiger partial charge in [0.1, 0.15) is 0 Å². The average molecular weight is 539 g/mol. The first-order valence-corrected chi connectivity index (χ1v) is 12.8. The van der Waals surface area contributed by atoms with Crippen molar-refractivity contribution in [2.24, 2.45) is 5.92 Å². The van der Waals surface area contributed by atoms with Crippen LogP contribution in [0.25, 0.3) is 5.70 Å². The van der Waals surface area contributed by atoms with Crippen LogP contribution in [0.2, 0.25) is 0 Å². The van der Waals surface area contributed by atoms with E-state index in [1.807, 2.05) is 6.92 Å². The van der Waals surface area contributed by atoms with Crippen LogP contribution < -0.4 is 4.72 Å². The highest BCUT2D eigenvalue weighted by Gasteiger charge is 2.37. The van der Waals surface area contributed by atoms with Crippen molar-refractivity contribution in [2.75, 3.05) is 14.2 Å². The second-order valence-electron chi connectivity index (χ2n) is 8.26. The zero-order valence-electron chi connectivity index (χ0n) is 20.9. The zero-order valence-corrected chi connectivity index (χ0v) is 21.7. The number of nitrogens with zero attached hydrogens (tertiary/aromatic N) is 1. The van der Waals surface area contributed by atoms with Gasteiger partial charge in [-0.25, -0.2) is 8.42 Å². The van der Waals surface area contributed by atoms with Gasteiger partial charge < -0.3 is 9.47 Å². The highest BCUT2D eigenvalue weighted by Crippen LogP contribution is 2.32. The molecule has 0 amide bonds. The molecular weight excluding hydrogens is 512 g/mol. The molecule has 11 heteroatoms. The molecule has 10 nitrogen and oxygen atoms in total. The van der Waals surface area contributed by atoms with Crippen LogP contribution in [0.3, 0.4) is 0 Å². The summed E-state index contributed by atoms with van der Waals surface area (Å²) in [6, 6.07) is 19.8. The summed E-state index contributed by atoms with van der Waals surface area (Å²) in [5.74, 6) is -4.26. The SMILES string of the molecule is COC(=O)C(C(=O)OC)[C@@H](/C=C(/NS(=O)(=O)c1ccc(C)cc1)c1ccc([N+](=O)[O-])cc1)c1ccccc1. The Labute approximate surface area is 220 Å².